The van der Waals surface area contributed by atoms with Gasteiger partial charge in [-0.15, -0.1) is 11.3 Å². The van der Waals surface area contributed by atoms with Gasteiger partial charge >= 0.3 is 5.97 Å². The summed E-state index contributed by atoms with van der Waals surface area (Å²) in [6, 6.07) is 17.4. The Labute approximate surface area is 162 Å². The Hall–Kier alpha value is -2.77. The number of benzene rings is 2. The van der Waals surface area contributed by atoms with E-state index in [0.717, 1.165) is 10.0 Å². The van der Waals surface area contributed by atoms with Gasteiger partial charge in [0.05, 0.1) is 6.21 Å². The minimum atomic E-state index is -0.386. The maximum Gasteiger partial charge on any atom is 0.353 e. The van der Waals surface area contributed by atoms with Crippen LogP contribution in [0.25, 0.3) is 0 Å². The highest BCUT2D eigenvalue weighted by Gasteiger charge is 2.09. The van der Waals surface area contributed by atoms with E-state index in [1.165, 1.54) is 17.6 Å². The highest BCUT2D eigenvalue weighted by Crippen LogP contribution is 2.16. The first-order chi connectivity index (χ1) is 12.6. The summed E-state index contributed by atoms with van der Waals surface area (Å²) in [5, 5.41) is 5.75. The van der Waals surface area contributed by atoms with E-state index < -0.39 is 0 Å². The first-order valence-corrected chi connectivity index (χ1v) is 9.24. The first kappa shape index (κ1) is 18.0. The lowest BCUT2D eigenvalue weighted by atomic mass is 10.2. The number of carbonyl (C=O) groups excluding carboxylic acids is 2. The minimum Gasteiger partial charge on any atom is -0.422 e. The molecule has 0 saturated carbocycles. The summed E-state index contributed by atoms with van der Waals surface area (Å²) in [7, 11) is 0. The molecule has 130 valence electrons. The van der Waals surface area contributed by atoms with Crippen molar-refractivity contribution in [1.82, 2.24) is 5.43 Å². The van der Waals surface area contributed by atoms with Gasteiger partial charge in [-0.2, -0.15) is 5.10 Å². The van der Waals surface area contributed by atoms with E-state index in [1.54, 1.807) is 54.6 Å². The zero-order valence-corrected chi connectivity index (χ0v) is 15.8. The second-order valence-corrected chi connectivity index (χ2v) is 7.01. The molecule has 5 nitrogen and oxygen atoms in total. The number of hydrogen-bond acceptors (Lipinski definition) is 5. The third-order valence-electron chi connectivity index (χ3n) is 3.28. The van der Waals surface area contributed by atoms with Crippen LogP contribution < -0.4 is 10.2 Å². The van der Waals surface area contributed by atoms with Crippen molar-refractivity contribution < 1.29 is 14.3 Å². The largest absolute Gasteiger partial charge is 0.422 e. The lowest BCUT2D eigenvalue weighted by molar-refractivity contribution is 0.0739. The van der Waals surface area contributed by atoms with Crippen molar-refractivity contribution in [3.8, 4) is 5.75 Å². The molecule has 0 radical (unpaired) electrons. The molecule has 0 saturated heterocycles. The van der Waals surface area contributed by atoms with Gasteiger partial charge in [-0.25, -0.2) is 10.2 Å². The molecule has 1 amide bonds. The molecule has 0 atom stereocenters. The second kappa shape index (κ2) is 8.55. The van der Waals surface area contributed by atoms with Crippen LogP contribution in [-0.4, -0.2) is 18.1 Å². The first-order valence-electron chi connectivity index (χ1n) is 7.56. The molecule has 0 aliphatic rings. The van der Waals surface area contributed by atoms with Crippen LogP contribution in [-0.2, 0) is 0 Å². The maximum atomic E-state index is 12.0. The Kier molecular flexibility index (Phi) is 5.93. The SMILES string of the molecule is O=C(NN=Cc1ccc(OC(=O)c2cccs2)cc1)c1cccc(Br)c1. The third kappa shape index (κ3) is 4.87. The maximum absolute atomic E-state index is 12.0. The number of rotatable bonds is 5. The van der Waals surface area contributed by atoms with Crippen LogP contribution in [0.5, 0.6) is 5.75 Å². The summed E-state index contributed by atoms with van der Waals surface area (Å²) in [6.07, 6.45) is 1.51. The van der Waals surface area contributed by atoms with Crippen molar-refractivity contribution >= 4 is 45.4 Å². The van der Waals surface area contributed by atoms with Crippen molar-refractivity contribution in [2.45, 2.75) is 0 Å². The van der Waals surface area contributed by atoms with E-state index in [-0.39, 0.29) is 11.9 Å². The molecule has 0 unspecified atom stereocenters. The van der Waals surface area contributed by atoms with E-state index >= 15 is 0 Å². The van der Waals surface area contributed by atoms with Crippen molar-refractivity contribution in [1.29, 1.82) is 0 Å². The lowest BCUT2D eigenvalue weighted by Crippen LogP contribution is -2.17. The number of ether oxygens (including phenoxy) is 1. The van der Waals surface area contributed by atoms with Gasteiger partial charge in [-0.3, -0.25) is 4.79 Å². The topological polar surface area (TPSA) is 67.8 Å². The fraction of sp³-hybridized carbons (Fsp3) is 0. The van der Waals surface area contributed by atoms with Crippen molar-refractivity contribution in [3.63, 3.8) is 0 Å². The van der Waals surface area contributed by atoms with Crippen molar-refractivity contribution in [2.24, 2.45) is 5.10 Å². The van der Waals surface area contributed by atoms with Gasteiger partial charge in [-0.05, 0) is 59.5 Å². The van der Waals surface area contributed by atoms with Gasteiger partial charge in [0.2, 0.25) is 0 Å². The Morgan fingerprint density at radius 2 is 1.88 bits per heavy atom. The number of amides is 1. The Balaban J connectivity index is 1.56. The summed E-state index contributed by atoms with van der Waals surface area (Å²) in [6.45, 7) is 0. The molecule has 0 aliphatic carbocycles. The second-order valence-electron chi connectivity index (χ2n) is 5.15. The molecule has 26 heavy (non-hydrogen) atoms. The number of carbonyl (C=O) groups is 2. The van der Waals surface area contributed by atoms with E-state index in [4.69, 9.17) is 4.74 Å². The van der Waals surface area contributed by atoms with Gasteiger partial charge < -0.3 is 4.74 Å². The van der Waals surface area contributed by atoms with Crippen LogP contribution in [0.15, 0.2) is 75.6 Å². The fourth-order valence-electron chi connectivity index (χ4n) is 2.03. The molecule has 0 bridgehead atoms. The fourth-order valence-corrected chi connectivity index (χ4v) is 3.03. The predicted molar refractivity (Wildman–Crippen MR) is 105 cm³/mol. The molecular formula is C19H13BrN2O3S. The smallest absolute Gasteiger partial charge is 0.353 e. The Morgan fingerprint density at radius 1 is 1.08 bits per heavy atom. The van der Waals surface area contributed by atoms with Crippen LogP contribution in [0.1, 0.15) is 25.6 Å². The summed E-state index contributed by atoms with van der Waals surface area (Å²) >= 11 is 4.65. The molecular weight excluding hydrogens is 416 g/mol. The van der Waals surface area contributed by atoms with Gasteiger partial charge in [0.1, 0.15) is 10.6 Å². The van der Waals surface area contributed by atoms with Gasteiger partial charge in [0, 0.05) is 10.0 Å². The molecule has 1 N–H and O–H groups in total. The zero-order chi connectivity index (χ0) is 18.4. The number of halogens is 1. The molecule has 0 aliphatic heterocycles. The quantitative estimate of drug-likeness (QED) is 0.281. The van der Waals surface area contributed by atoms with Crippen LogP contribution in [0.4, 0.5) is 0 Å². The third-order valence-corrected chi connectivity index (χ3v) is 4.62. The molecule has 1 heterocycles. The van der Waals surface area contributed by atoms with Crippen LogP contribution in [0.2, 0.25) is 0 Å². The lowest BCUT2D eigenvalue weighted by Gasteiger charge is -2.03. The summed E-state index contributed by atoms with van der Waals surface area (Å²) < 4.78 is 6.10. The van der Waals surface area contributed by atoms with Crippen molar-refractivity contribution in [2.75, 3.05) is 0 Å². The molecule has 2 aromatic carbocycles. The van der Waals surface area contributed by atoms with E-state index in [1.807, 2.05) is 11.4 Å². The molecule has 3 aromatic rings. The molecule has 1 aromatic heterocycles. The standard InChI is InChI=1S/C19H13BrN2O3S/c20-15-4-1-3-14(11-15)18(23)22-21-12-13-6-8-16(9-7-13)25-19(24)17-5-2-10-26-17/h1-12H,(H,22,23). The van der Waals surface area contributed by atoms with Gasteiger partial charge in [-0.1, -0.05) is 28.1 Å². The average Bonchev–Trinajstić information content (AvgIpc) is 3.18. The minimum absolute atomic E-state index is 0.302. The molecule has 0 fully saturated rings. The number of hydrogen-bond donors (Lipinski definition) is 1. The zero-order valence-electron chi connectivity index (χ0n) is 13.4. The number of nitrogens with zero attached hydrogens (tertiary/aromatic N) is 1. The monoisotopic (exact) mass is 428 g/mol. The molecule has 0 spiro atoms. The predicted octanol–water partition coefficient (Wildman–Crippen LogP) is 4.49. The van der Waals surface area contributed by atoms with Crippen LogP contribution in [0, 0.1) is 0 Å². The highest BCUT2D eigenvalue weighted by molar-refractivity contribution is 9.10. The molecule has 3 rings (SSSR count). The van der Waals surface area contributed by atoms with E-state index in [0.29, 0.717) is 16.2 Å². The van der Waals surface area contributed by atoms with Crippen LogP contribution in [0.3, 0.4) is 0 Å². The van der Waals surface area contributed by atoms with Gasteiger partial charge in [0.25, 0.3) is 5.91 Å². The summed E-state index contributed by atoms with van der Waals surface area (Å²) in [4.78, 5) is 24.4. The molecule has 7 heteroatoms. The summed E-state index contributed by atoms with van der Waals surface area (Å²) in [5.74, 6) is -0.245. The number of thiophene rings is 1. The Bertz CT molecular complexity index is 938. The van der Waals surface area contributed by atoms with E-state index in [9.17, 15) is 9.59 Å². The summed E-state index contributed by atoms with van der Waals surface area (Å²) in [5.41, 5.74) is 3.73. The Morgan fingerprint density at radius 3 is 2.58 bits per heavy atom. The van der Waals surface area contributed by atoms with E-state index in [2.05, 4.69) is 26.5 Å². The number of nitrogens with one attached hydrogen (secondary N) is 1. The number of esters is 1. The number of hydrazone groups is 1. The highest BCUT2D eigenvalue weighted by atomic mass is 79.9. The normalized spacial score (nSPS) is 10.7. The van der Waals surface area contributed by atoms with Crippen LogP contribution >= 0.6 is 27.3 Å². The van der Waals surface area contributed by atoms with Gasteiger partial charge in [0.15, 0.2) is 0 Å². The van der Waals surface area contributed by atoms with Crippen molar-refractivity contribution in [3.05, 3.63) is 86.5 Å². The average molecular weight is 429 g/mol.